The summed E-state index contributed by atoms with van der Waals surface area (Å²) in [5.41, 5.74) is 3.04. The molecule has 1 aromatic rings. The first-order chi connectivity index (χ1) is 10.2. The summed E-state index contributed by atoms with van der Waals surface area (Å²) in [4.78, 5) is 14.2. The molecule has 1 aliphatic rings. The number of nitrogens with one attached hydrogen (secondary N) is 2. The van der Waals surface area contributed by atoms with Gasteiger partial charge in [-0.05, 0) is 32.0 Å². The quantitative estimate of drug-likeness (QED) is 0.721. The molecule has 5 heteroatoms. The smallest absolute Gasteiger partial charge is 0.246 e. The summed E-state index contributed by atoms with van der Waals surface area (Å²) in [6, 6.07) is 5.91. The van der Waals surface area contributed by atoms with Crippen molar-refractivity contribution in [2.24, 2.45) is 0 Å². The minimum absolute atomic E-state index is 0.0348. The number of ether oxygens (including phenoxy) is 1. The fourth-order valence-electron chi connectivity index (χ4n) is 2.45. The zero-order chi connectivity index (χ0) is 15.2. The van der Waals surface area contributed by atoms with Crippen molar-refractivity contribution in [2.75, 3.05) is 43.6 Å². The van der Waals surface area contributed by atoms with Gasteiger partial charge in [-0.1, -0.05) is 13.0 Å². The van der Waals surface area contributed by atoms with E-state index in [0.717, 1.165) is 43.1 Å². The van der Waals surface area contributed by atoms with Gasteiger partial charge in [-0.15, -0.1) is 0 Å². The van der Waals surface area contributed by atoms with Crippen molar-refractivity contribution in [1.29, 1.82) is 0 Å². The highest BCUT2D eigenvalue weighted by Crippen LogP contribution is 2.33. The fourth-order valence-corrected chi connectivity index (χ4v) is 2.45. The number of rotatable bonds is 8. The Hall–Kier alpha value is -1.59. The van der Waals surface area contributed by atoms with Crippen LogP contribution in [0.1, 0.15) is 31.9 Å². The number of hydrogen-bond acceptors (Lipinski definition) is 4. The maximum Gasteiger partial charge on any atom is 0.246 e. The molecule has 0 radical (unpaired) electrons. The first-order valence-corrected chi connectivity index (χ1v) is 7.64. The highest BCUT2D eigenvalue weighted by Gasteiger charge is 2.30. The third kappa shape index (κ3) is 3.74. The van der Waals surface area contributed by atoms with Crippen molar-refractivity contribution in [3.63, 3.8) is 0 Å². The van der Waals surface area contributed by atoms with Crippen molar-refractivity contribution in [3.05, 3.63) is 23.8 Å². The van der Waals surface area contributed by atoms with Gasteiger partial charge in [-0.3, -0.25) is 4.79 Å². The third-order valence-corrected chi connectivity index (χ3v) is 3.68. The summed E-state index contributed by atoms with van der Waals surface area (Å²) < 4.78 is 5.38. The van der Waals surface area contributed by atoms with Crippen molar-refractivity contribution < 1.29 is 9.53 Å². The van der Waals surface area contributed by atoms with Crippen LogP contribution in [0.3, 0.4) is 0 Å². The Morgan fingerprint density at radius 1 is 1.38 bits per heavy atom. The Balaban J connectivity index is 2.06. The number of hydrogen-bond donors (Lipinski definition) is 2. The lowest BCUT2D eigenvalue weighted by atomic mass is 10.1. The summed E-state index contributed by atoms with van der Waals surface area (Å²) in [6.07, 6.45) is 1.01. The maximum atomic E-state index is 12.0. The molecule has 1 amide bonds. The van der Waals surface area contributed by atoms with E-state index < -0.39 is 0 Å². The molecular weight excluding hydrogens is 266 g/mol. The molecule has 5 nitrogen and oxygen atoms in total. The summed E-state index contributed by atoms with van der Waals surface area (Å²) >= 11 is 0. The standard InChI is InChI=1S/C16H25N3O2/c1-4-8-17-15-13-7-6-12(11-14(13)18-16(15)20)19(3)9-10-21-5-2/h6-7,11,15,17H,4-5,8-10H2,1-3H3,(H,18,20). The van der Waals surface area contributed by atoms with Crippen molar-refractivity contribution in [3.8, 4) is 0 Å². The number of nitrogens with zero attached hydrogens (tertiary/aromatic N) is 1. The summed E-state index contributed by atoms with van der Waals surface area (Å²) in [7, 11) is 2.03. The molecule has 0 saturated heterocycles. The molecular formula is C16H25N3O2. The van der Waals surface area contributed by atoms with E-state index in [2.05, 4.69) is 28.5 Å². The molecule has 0 aliphatic carbocycles. The minimum Gasteiger partial charge on any atom is -0.380 e. The Kier molecular flexibility index (Phi) is 5.59. The summed E-state index contributed by atoms with van der Waals surface area (Å²) in [5, 5.41) is 6.24. The van der Waals surface area contributed by atoms with Crippen molar-refractivity contribution in [1.82, 2.24) is 5.32 Å². The van der Waals surface area contributed by atoms with Crippen LogP contribution in [-0.4, -0.2) is 39.3 Å². The lowest BCUT2D eigenvalue weighted by Crippen LogP contribution is -2.27. The zero-order valence-electron chi connectivity index (χ0n) is 13.1. The third-order valence-electron chi connectivity index (χ3n) is 3.68. The molecule has 0 saturated carbocycles. The number of fused-ring (bicyclic) bond motifs is 1. The van der Waals surface area contributed by atoms with Crippen LogP contribution in [-0.2, 0) is 9.53 Å². The number of carbonyl (C=O) groups is 1. The normalized spacial score (nSPS) is 16.7. The van der Waals surface area contributed by atoms with Gasteiger partial charge in [0.05, 0.1) is 6.61 Å². The number of benzene rings is 1. The van der Waals surface area contributed by atoms with E-state index in [1.807, 2.05) is 26.1 Å². The molecule has 1 aromatic carbocycles. The van der Waals surface area contributed by atoms with E-state index >= 15 is 0 Å². The first-order valence-electron chi connectivity index (χ1n) is 7.64. The first kappa shape index (κ1) is 15.8. The van der Waals surface area contributed by atoms with Crippen molar-refractivity contribution >= 4 is 17.3 Å². The lowest BCUT2D eigenvalue weighted by molar-refractivity contribution is -0.117. The highest BCUT2D eigenvalue weighted by molar-refractivity contribution is 6.03. The molecule has 1 unspecified atom stereocenters. The second-order valence-corrected chi connectivity index (χ2v) is 5.27. The predicted octanol–water partition coefficient (Wildman–Crippen LogP) is 2.15. The van der Waals surface area contributed by atoms with Crippen LogP contribution in [0.5, 0.6) is 0 Å². The SMILES string of the molecule is CCCNC1C(=O)Nc2cc(N(C)CCOCC)ccc21. The van der Waals surface area contributed by atoms with Crippen LogP contribution < -0.4 is 15.5 Å². The fraction of sp³-hybridized carbons (Fsp3) is 0.562. The van der Waals surface area contributed by atoms with Gasteiger partial charge < -0.3 is 20.3 Å². The monoisotopic (exact) mass is 291 g/mol. The van der Waals surface area contributed by atoms with Crippen LogP contribution in [0.25, 0.3) is 0 Å². The second-order valence-electron chi connectivity index (χ2n) is 5.27. The number of amides is 1. The molecule has 2 rings (SSSR count). The van der Waals surface area contributed by atoms with E-state index in [0.29, 0.717) is 6.61 Å². The Labute approximate surface area is 126 Å². The van der Waals surface area contributed by atoms with Gasteiger partial charge in [-0.25, -0.2) is 0 Å². The Bertz CT molecular complexity index is 490. The van der Waals surface area contributed by atoms with Crippen LogP contribution in [0.2, 0.25) is 0 Å². The van der Waals surface area contributed by atoms with Gasteiger partial charge in [0.2, 0.25) is 5.91 Å². The predicted molar refractivity (Wildman–Crippen MR) is 85.9 cm³/mol. The van der Waals surface area contributed by atoms with E-state index in [-0.39, 0.29) is 11.9 Å². The second kappa shape index (κ2) is 7.43. The van der Waals surface area contributed by atoms with Crippen LogP contribution in [0.4, 0.5) is 11.4 Å². The van der Waals surface area contributed by atoms with Gasteiger partial charge in [0.1, 0.15) is 6.04 Å². The minimum atomic E-state index is -0.220. The van der Waals surface area contributed by atoms with E-state index in [1.54, 1.807) is 0 Å². The molecule has 1 aliphatic heterocycles. The molecule has 0 bridgehead atoms. The summed E-state index contributed by atoms with van der Waals surface area (Å²) in [6.45, 7) is 7.20. The van der Waals surface area contributed by atoms with Gasteiger partial charge in [0.25, 0.3) is 0 Å². The maximum absolute atomic E-state index is 12.0. The van der Waals surface area contributed by atoms with E-state index in [4.69, 9.17) is 4.74 Å². The highest BCUT2D eigenvalue weighted by atomic mass is 16.5. The number of anilines is 2. The van der Waals surface area contributed by atoms with Gasteiger partial charge in [-0.2, -0.15) is 0 Å². The van der Waals surface area contributed by atoms with E-state index in [9.17, 15) is 4.79 Å². The Morgan fingerprint density at radius 2 is 2.19 bits per heavy atom. The largest absolute Gasteiger partial charge is 0.380 e. The molecule has 116 valence electrons. The van der Waals surface area contributed by atoms with Gasteiger partial charge in [0, 0.05) is 37.1 Å². The topological polar surface area (TPSA) is 53.6 Å². The average molecular weight is 291 g/mol. The molecule has 0 aromatic heterocycles. The lowest BCUT2D eigenvalue weighted by Gasteiger charge is -2.20. The van der Waals surface area contributed by atoms with Crippen LogP contribution >= 0.6 is 0 Å². The number of likely N-dealkylation sites (N-methyl/N-ethyl adjacent to an activating group) is 1. The molecule has 1 heterocycles. The zero-order valence-corrected chi connectivity index (χ0v) is 13.1. The average Bonchev–Trinajstić information content (AvgIpc) is 2.79. The van der Waals surface area contributed by atoms with Gasteiger partial charge in [0.15, 0.2) is 0 Å². The van der Waals surface area contributed by atoms with Crippen molar-refractivity contribution in [2.45, 2.75) is 26.3 Å². The van der Waals surface area contributed by atoms with Crippen LogP contribution in [0.15, 0.2) is 18.2 Å². The number of carbonyl (C=O) groups excluding carboxylic acids is 1. The molecule has 0 fully saturated rings. The Morgan fingerprint density at radius 3 is 2.90 bits per heavy atom. The van der Waals surface area contributed by atoms with E-state index in [1.165, 1.54) is 0 Å². The van der Waals surface area contributed by atoms with Gasteiger partial charge >= 0.3 is 0 Å². The summed E-state index contributed by atoms with van der Waals surface area (Å²) in [5.74, 6) is 0.0348. The molecule has 0 spiro atoms. The molecule has 1 atom stereocenters. The van der Waals surface area contributed by atoms with Crippen LogP contribution in [0, 0.1) is 0 Å². The molecule has 2 N–H and O–H groups in total. The molecule has 21 heavy (non-hydrogen) atoms.